The number of carbonyl (C=O) groups is 2. The molecule has 2 aliphatic heterocycles. The average Bonchev–Trinajstić information content (AvgIpc) is 3.22. The van der Waals surface area contributed by atoms with Gasteiger partial charge in [-0.1, -0.05) is 6.07 Å². The highest BCUT2D eigenvalue weighted by Gasteiger charge is 2.22. The van der Waals surface area contributed by atoms with E-state index >= 15 is 0 Å². The maximum absolute atomic E-state index is 13.0. The number of ether oxygens (including phenoxy) is 2. The minimum atomic E-state index is -0.364. The van der Waals surface area contributed by atoms with E-state index in [-0.39, 0.29) is 30.5 Å². The van der Waals surface area contributed by atoms with Crippen LogP contribution >= 0.6 is 0 Å². The van der Waals surface area contributed by atoms with Gasteiger partial charge in [-0.25, -0.2) is 4.39 Å². The van der Waals surface area contributed by atoms with Gasteiger partial charge in [-0.05, 0) is 54.8 Å². The van der Waals surface area contributed by atoms with Crippen LogP contribution in [0.2, 0.25) is 0 Å². The summed E-state index contributed by atoms with van der Waals surface area (Å²) >= 11 is 0. The van der Waals surface area contributed by atoms with Crippen molar-refractivity contribution in [2.24, 2.45) is 0 Å². The van der Waals surface area contributed by atoms with Crippen molar-refractivity contribution in [1.29, 1.82) is 0 Å². The molecule has 158 valence electrons. The minimum Gasteiger partial charge on any atom is -0.454 e. The summed E-state index contributed by atoms with van der Waals surface area (Å²) in [4.78, 5) is 26.6. The number of nitrogens with zero attached hydrogens (tertiary/aromatic N) is 1. The van der Waals surface area contributed by atoms with E-state index in [1.807, 2.05) is 18.2 Å². The molecule has 0 saturated carbocycles. The number of rotatable bonds is 6. The summed E-state index contributed by atoms with van der Waals surface area (Å²) in [5.41, 5.74) is 1.40. The van der Waals surface area contributed by atoms with E-state index in [0.29, 0.717) is 24.4 Å². The van der Waals surface area contributed by atoms with Crippen molar-refractivity contribution in [2.75, 3.05) is 26.4 Å². The van der Waals surface area contributed by atoms with Crippen LogP contribution in [0.5, 0.6) is 11.5 Å². The first kappa shape index (κ1) is 20.2. The fraction of sp³-hybridized carbons (Fsp3) is 0.364. The molecule has 4 rings (SSSR count). The highest BCUT2D eigenvalue weighted by Crippen LogP contribution is 2.32. The lowest BCUT2D eigenvalue weighted by Crippen LogP contribution is -2.47. The minimum absolute atomic E-state index is 0.0403. The van der Waals surface area contributed by atoms with Gasteiger partial charge in [-0.2, -0.15) is 0 Å². The average molecular weight is 413 g/mol. The number of hydrogen-bond acceptors (Lipinski definition) is 5. The van der Waals surface area contributed by atoms with Crippen molar-refractivity contribution in [3.05, 3.63) is 59.4 Å². The molecule has 0 atom stereocenters. The number of halogens is 1. The Morgan fingerprint density at radius 1 is 1.03 bits per heavy atom. The lowest BCUT2D eigenvalue weighted by Gasteiger charge is -2.31. The van der Waals surface area contributed by atoms with Gasteiger partial charge in [0.15, 0.2) is 11.5 Å². The second kappa shape index (κ2) is 9.13. The Bertz CT molecular complexity index is 911. The molecule has 7 nitrogen and oxygen atoms in total. The van der Waals surface area contributed by atoms with E-state index in [4.69, 9.17) is 9.47 Å². The Hall–Kier alpha value is -3.13. The van der Waals surface area contributed by atoms with Crippen LogP contribution in [-0.2, 0) is 11.3 Å². The van der Waals surface area contributed by atoms with Gasteiger partial charge < -0.3 is 20.1 Å². The Kier molecular flexibility index (Phi) is 6.13. The number of carbonyl (C=O) groups excluding carboxylic acids is 2. The molecule has 2 aliphatic rings. The number of piperidine rings is 1. The molecule has 0 radical (unpaired) electrons. The van der Waals surface area contributed by atoms with Gasteiger partial charge in [0.2, 0.25) is 12.7 Å². The molecule has 2 aromatic carbocycles. The van der Waals surface area contributed by atoms with E-state index in [1.54, 1.807) is 0 Å². The number of likely N-dealkylation sites (tertiary alicyclic amines) is 1. The molecule has 0 aromatic heterocycles. The molecule has 0 aliphatic carbocycles. The molecule has 2 amide bonds. The highest BCUT2D eigenvalue weighted by molar-refractivity contribution is 5.94. The van der Waals surface area contributed by atoms with Crippen LogP contribution in [0, 0.1) is 5.82 Å². The summed E-state index contributed by atoms with van der Waals surface area (Å²) in [6.45, 7) is 2.44. The van der Waals surface area contributed by atoms with Gasteiger partial charge in [-0.15, -0.1) is 0 Å². The van der Waals surface area contributed by atoms with Gasteiger partial charge in [0.05, 0.1) is 6.54 Å². The topological polar surface area (TPSA) is 79.9 Å². The molecule has 0 unspecified atom stereocenters. The van der Waals surface area contributed by atoms with Crippen LogP contribution in [-0.4, -0.2) is 49.2 Å². The van der Waals surface area contributed by atoms with Crippen molar-refractivity contribution in [2.45, 2.75) is 25.4 Å². The number of nitrogens with one attached hydrogen (secondary N) is 2. The van der Waals surface area contributed by atoms with Gasteiger partial charge >= 0.3 is 0 Å². The van der Waals surface area contributed by atoms with Crippen molar-refractivity contribution >= 4 is 11.8 Å². The number of fused-ring (bicyclic) bond motifs is 1. The number of amides is 2. The summed E-state index contributed by atoms with van der Waals surface area (Å²) in [7, 11) is 0. The van der Waals surface area contributed by atoms with E-state index < -0.39 is 0 Å². The van der Waals surface area contributed by atoms with Crippen LogP contribution in [0.3, 0.4) is 0 Å². The number of benzene rings is 2. The smallest absolute Gasteiger partial charge is 0.251 e. The quantitative estimate of drug-likeness (QED) is 0.758. The van der Waals surface area contributed by atoms with Crippen molar-refractivity contribution in [1.82, 2.24) is 15.5 Å². The molecule has 0 spiro atoms. The molecule has 2 N–H and O–H groups in total. The molecular formula is C22H24FN3O4. The highest BCUT2D eigenvalue weighted by atomic mass is 19.1. The van der Waals surface area contributed by atoms with Crippen LogP contribution in [0.15, 0.2) is 42.5 Å². The fourth-order valence-corrected chi connectivity index (χ4v) is 3.62. The zero-order chi connectivity index (χ0) is 20.9. The van der Waals surface area contributed by atoms with Crippen LogP contribution in [0.25, 0.3) is 0 Å². The van der Waals surface area contributed by atoms with E-state index in [0.717, 1.165) is 37.2 Å². The molecule has 2 aromatic rings. The number of hydrogen-bond donors (Lipinski definition) is 2. The van der Waals surface area contributed by atoms with Gasteiger partial charge in [0, 0.05) is 31.2 Å². The summed E-state index contributed by atoms with van der Waals surface area (Å²) < 4.78 is 23.6. The van der Waals surface area contributed by atoms with Gasteiger partial charge in [0.1, 0.15) is 5.82 Å². The van der Waals surface area contributed by atoms with Crippen molar-refractivity contribution < 1.29 is 23.5 Å². The van der Waals surface area contributed by atoms with Crippen LogP contribution < -0.4 is 20.1 Å². The second-order valence-corrected chi connectivity index (χ2v) is 7.50. The molecule has 1 saturated heterocycles. The lowest BCUT2D eigenvalue weighted by molar-refractivity contribution is -0.122. The normalized spacial score (nSPS) is 16.3. The molecule has 2 heterocycles. The third-order valence-electron chi connectivity index (χ3n) is 5.32. The largest absolute Gasteiger partial charge is 0.454 e. The second-order valence-electron chi connectivity index (χ2n) is 7.50. The Morgan fingerprint density at radius 3 is 2.53 bits per heavy atom. The first-order valence-corrected chi connectivity index (χ1v) is 10.0. The van der Waals surface area contributed by atoms with E-state index in [9.17, 15) is 14.0 Å². The van der Waals surface area contributed by atoms with E-state index in [2.05, 4.69) is 15.5 Å². The van der Waals surface area contributed by atoms with Gasteiger partial charge in [0.25, 0.3) is 5.91 Å². The summed E-state index contributed by atoms with van der Waals surface area (Å²) in [5, 5.41) is 5.91. The maximum atomic E-state index is 13.0. The lowest BCUT2D eigenvalue weighted by atomic mass is 10.0. The van der Waals surface area contributed by atoms with Gasteiger partial charge in [-0.3, -0.25) is 14.5 Å². The molecular weight excluding hydrogens is 389 g/mol. The zero-order valence-electron chi connectivity index (χ0n) is 16.5. The zero-order valence-corrected chi connectivity index (χ0v) is 16.5. The standard InChI is InChI=1S/C22H24FN3O4/c23-17-4-2-16(3-5-17)22(28)25-18-7-9-26(10-8-18)13-21(27)24-12-15-1-6-19-20(11-15)30-14-29-19/h1-6,11,18H,7-10,12-14H2,(H,24,27)(H,25,28). The van der Waals surface area contributed by atoms with E-state index in [1.165, 1.54) is 24.3 Å². The van der Waals surface area contributed by atoms with Crippen LogP contribution in [0.1, 0.15) is 28.8 Å². The SMILES string of the molecule is O=C(CN1CCC(NC(=O)c2ccc(F)cc2)CC1)NCc1ccc2c(c1)OCO2. The van der Waals surface area contributed by atoms with Crippen molar-refractivity contribution in [3.63, 3.8) is 0 Å². The summed E-state index contributed by atoms with van der Waals surface area (Å²) in [6, 6.07) is 11.2. The predicted molar refractivity (Wildman–Crippen MR) is 108 cm³/mol. The Balaban J connectivity index is 1.17. The third-order valence-corrected chi connectivity index (χ3v) is 5.32. The van der Waals surface area contributed by atoms with Crippen LogP contribution in [0.4, 0.5) is 4.39 Å². The Labute approximate surface area is 174 Å². The molecule has 8 heteroatoms. The Morgan fingerprint density at radius 2 is 1.77 bits per heavy atom. The molecule has 0 bridgehead atoms. The summed E-state index contributed by atoms with van der Waals surface area (Å²) in [6.07, 6.45) is 1.53. The fourth-order valence-electron chi connectivity index (χ4n) is 3.62. The molecule has 30 heavy (non-hydrogen) atoms. The first-order chi connectivity index (χ1) is 14.6. The molecule has 1 fully saturated rings. The third kappa shape index (κ3) is 5.07. The predicted octanol–water partition coefficient (Wildman–Crippen LogP) is 2.06. The monoisotopic (exact) mass is 413 g/mol. The first-order valence-electron chi connectivity index (χ1n) is 10.0. The summed E-state index contributed by atoms with van der Waals surface area (Å²) in [5.74, 6) is 0.819. The van der Waals surface area contributed by atoms with Crippen molar-refractivity contribution in [3.8, 4) is 11.5 Å². The maximum Gasteiger partial charge on any atom is 0.251 e.